The highest BCUT2D eigenvalue weighted by Crippen LogP contribution is 2.32. The van der Waals surface area contributed by atoms with E-state index in [1.807, 2.05) is 79.2 Å². The second-order valence-electron chi connectivity index (χ2n) is 9.32. The van der Waals surface area contributed by atoms with Gasteiger partial charge in [-0.1, -0.05) is 60.2 Å². The quantitative estimate of drug-likeness (QED) is 0.411. The van der Waals surface area contributed by atoms with Gasteiger partial charge in [0.25, 0.3) is 11.5 Å². The number of carbonyl (C=O) groups excluding carboxylic acids is 1. The Bertz CT molecular complexity index is 1660. The van der Waals surface area contributed by atoms with Crippen LogP contribution in [0.25, 0.3) is 27.5 Å². The van der Waals surface area contributed by atoms with Crippen LogP contribution in [0.1, 0.15) is 46.1 Å². The molecular weight excluding hydrogens is 436 g/mol. The van der Waals surface area contributed by atoms with E-state index in [2.05, 4.69) is 22.5 Å². The van der Waals surface area contributed by atoms with Crippen LogP contribution < -0.4 is 10.9 Å². The van der Waals surface area contributed by atoms with Crippen LogP contribution in [0.5, 0.6) is 0 Å². The predicted molar refractivity (Wildman–Crippen MR) is 138 cm³/mol. The van der Waals surface area contributed by atoms with E-state index in [1.54, 1.807) is 0 Å². The van der Waals surface area contributed by atoms with Crippen molar-refractivity contribution in [1.29, 1.82) is 0 Å². The van der Waals surface area contributed by atoms with Crippen LogP contribution in [0.3, 0.4) is 0 Å². The summed E-state index contributed by atoms with van der Waals surface area (Å²) in [7, 11) is 1.87. The maximum absolute atomic E-state index is 13.8. The van der Waals surface area contributed by atoms with Crippen molar-refractivity contribution in [3.05, 3.63) is 106 Å². The molecule has 0 spiro atoms. The second-order valence-corrected chi connectivity index (χ2v) is 9.32. The van der Waals surface area contributed by atoms with E-state index >= 15 is 0 Å². The van der Waals surface area contributed by atoms with Crippen molar-refractivity contribution in [1.82, 2.24) is 19.7 Å². The highest BCUT2D eigenvalue weighted by atomic mass is 16.2. The first-order chi connectivity index (χ1) is 17.0. The molecule has 2 heterocycles. The molecule has 1 atom stereocenters. The third kappa shape index (κ3) is 3.44. The van der Waals surface area contributed by atoms with Gasteiger partial charge in [0.2, 0.25) is 0 Å². The third-order valence-corrected chi connectivity index (χ3v) is 7.11. The van der Waals surface area contributed by atoms with E-state index in [0.29, 0.717) is 16.6 Å². The summed E-state index contributed by atoms with van der Waals surface area (Å²) < 4.78 is 3.22. The van der Waals surface area contributed by atoms with Crippen molar-refractivity contribution in [3.63, 3.8) is 0 Å². The Kier molecular flexibility index (Phi) is 5.02. The zero-order valence-corrected chi connectivity index (χ0v) is 19.8. The van der Waals surface area contributed by atoms with Crippen LogP contribution in [0.15, 0.2) is 77.6 Å². The minimum Gasteiger partial charge on any atom is -0.344 e. The van der Waals surface area contributed by atoms with Gasteiger partial charge in [-0.2, -0.15) is 9.78 Å². The smallest absolute Gasteiger partial charge is 0.296 e. The number of aryl methyl sites for hydroxylation is 3. The molecule has 0 unspecified atom stereocenters. The number of nitrogens with zero attached hydrogens (tertiary/aromatic N) is 3. The van der Waals surface area contributed by atoms with Gasteiger partial charge in [0, 0.05) is 23.3 Å². The van der Waals surface area contributed by atoms with E-state index < -0.39 is 0 Å². The molecule has 0 saturated carbocycles. The van der Waals surface area contributed by atoms with Gasteiger partial charge >= 0.3 is 0 Å². The monoisotopic (exact) mass is 462 g/mol. The predicted octanol–water partition coefficient (Wildman–Crippen LogP) is 4.99. The Morgan fingerprint density at radius 2 is 1.74 bits per heavy atom. The topological polar surface area (TPSA) is 68.9 Å². The molecule has 6 heteroatoms. The van der Waals surface area contributed by atoms with Gasteiger partial charge in [-0.25, -0.2) is 0 Å². The van der Waals surface area contributed by atoms with Crippen LogP contribution in [0, 0.1) is 6.92 Å². The van der Waals surface area contributed by atoms with Crippen LogP contribution in [-0.4, -0.2) is 20.3 Å². The fraction of sp³-hybridized carbons (Fsp3) is 0.207. The molecule has 0 aliphatic heterocycles. The largest absolute Gasteiger partial charge is 0.344 e. The lowest BCUT2D eigenvalue weighted by atomic mass is 9.87. The average Bonchev–Trinajstić information content (AvgIpc) is 3.18. The number of nitrogens with one attached hydrogen (secondary N) is 1. The fourth-order valence-corrected chi connectivity index (χ4v) is 5.33. The zero-order valence-electron chi connectivity index (χ0n) is 19.8. The Hall–Kier alpha value is -4.19. The number of fused-ring (bicyclic) bond motifs is 4. The lowest BCUT2D eigenvalue weighted by molar-refractivity contribution is 0.0928. The first-order valence-corrected chi connectivity index (χ1v) is 12.0. The Labute approximate surface area is 202 Å². The van der Waals surface area contributed by atoms with Crippen molar-refractivity contribution in [3.8, 4) is 5.69 Å². The number of hydrogen-bond donors (Lipinski definition) is 1. The molecule has 1 N–H and O–H groups in total. The molecule has 1 aliphatic carbocycles. The summed E-state index contributed by atoms with van der Waals surface area (Å²) in [6.45, 7) is 1.99. The van der Waals surface area contributed by atoms with Crippen molar-refractivity contribution < 1.29 is 4.79 Å². The molecule has 1 aliphatic rings. The lowest BCUT2D eigenvalue weighted by Gasteiger charge is -2.26. The first kappa shape index (κ1) is 21.4. The van der Waals surface area contributed by atoms with Crippen LogP contribution in [-0.2, 0) is 13.5 Å². The third-order valence-electron chi connectivity index (χ3n) is 7.11. The maximum atomic E-state index is 13.8. The van der Waals surface area contributed by atoms with E-state index in [9.17, 15) is 9.59 Å². The summed E-state index contributed by atoms with van der Waals surface area (Å²) in [4.78, 5) is 27.5. The normalized spacial score (nSPS) is 15.3. The molecule has 174 valence electrons. The number of aromatic nitrogens is 3. The summed E-state index contributed by atoms with van der Waals surface area (Å²) >= 11 is 0. The summed E-state index contributed by atoms with van der Waals surface area (Å²) in [6.07, 6.45) is 2.91. The van der Waals surface area contributed by atoms with Crippen LogP contribution >= 0.6 is 0 Å². The van der Waals surface area contributed by atoms with Gasteiger partial charge in [-0.05, 0) is 55.5 Å². The van der Waals surface area contributed by atoms with Gasteiger partial charge in [-0.15, -0.1) is 0 Å². The number of carbonyl (C=O) groups is 1. The summed E-state index contributed by atoms with van der Waals surface area (Å²) in [5.74, 6) is -0.270. The van der Waals surface area contributed by atoms with Gasteiger partial charge < -0.3 is 9.88 Å². The SMILES string of the molecule is Cc1ccc(-n2nc(C(=O)N[C@H]3CCCc4ccccc43)c3c4ccccc4n(C)c3c2=O)cc1. The highest BCUT2D eigenvalue weighted by molar-refractivity contribution is 6.16. The van der Waals surface area contributed by atoms with Crippen molar-refractivity contribution >= 4 is 27.7 Å². The summed E-state index contributed by atoms with van der Waals surface area (Å²) in [5.41, 5.74) is 5.52. The summed E-state index contributed by atoms with van der Waals surface area (Å²) in [6, 6.07) is 23.6. The number of para-hydroxylation sites is 1. The fourth-order valence-electron chi connectivity index (χ4n) is 5.33. The second kappa shape index (κ2) is 8.24. The van der Waals surface area contributed by atoms with Crippen molar-refractivity contribution in [2.75, 3.05) is 0 Å². The molecule has 0 fully saturated rings. The molecule has 1 amide bonds. The Balaban J connectivity index is 1.56. The molecule has 2 aromatic heterocycles. The van der Waals surface area contributed by atoms with Crippen molar-refractivity contribution in [2.24, 2.45) is 7.05 Å². The zero-order chi connectivity index (χ0) is 24.1. The summed E-state index contributed by atoms with van der Waals surface area (Å²) in [5, 5.41) is 9.35. The minimum absolute atomic E-state index is 0.0842. The molecule has 0 saturated heterocycles. The molecule has 35 heavy (non-hydrogen) atoms. The first-order valence-electron chi connectivity index (χ1n) is 12.0. The lowest BCUT2D eigenvalue weighted by Crippen LogP contribution is -2.34. The molecule has 3 aromatic carbocycles. The number of hydrogen-bond acceptors (Lipinski definition) is 3. The number of benzene rings is 3. The molecule has 6 rings (SSSR count). The van der Waals surface area contributed by atoms with E-state index in [4.69, 9.17) is 0 Å². The van der Waals surface area contributed by atoms with E-state index in [0.717, 1.165) is 41.3 Å². The van der Waals surface area contributed by atoms with Crippen molar-refractivity contribution in [2.45, 2.75) is 32.2 Å². The maximum Gasteiger partial charge on any atom is 0.296 e. The molecule has 0 radical (unpaired) electrons. The van der Waals surface area contributed by atoms with Crippen LogP contribution in [0.4, 0.5) is 0 Å². The highest BCUT2D eigenvalue weighted by Gasteiger charge is 2.27. The minimum atomic E-state index is -0.270. The standard InChI is InChI=1S/C29H26N4O2/c1-18-14-16-20(17-15-18)33-29(35)27-25(22-11-5-6-13-24(22)32(27)2)26(31-33)28(34)30-23-12-7-9-19-8-3-4-10-21(19)23/h3-6,8,10-11,13-17,23H,7,9,12H2,1-2H3,(H,30,34)/t23-/m0/s1. The molecular formula is C29H26N4O2. The molecule has 5 aromatic rings. The van der Waals surface area contributed by atoms with Gasteiger partial charge in [0.05, 0.1) is 11.7 Å². The van der Waals surface area contributed by atoms with Crippen LogP contribution in [0.2, 0.25) is 0 Å². The number of rotatable bonds is 3. The molecule has 6 nitrogen and oxygen atoms in total. The number of amides is 1. The Morgan fingerprint density at radius 1 is 1.00 bits per heavy atom. The van der Waals surface area contributed by atoms with Gasteiger partial charge in [-0.3, -0.25) is 9.59 Å². The Morgan fingerprint density at radius 3 is 2.57 bits per heavy atom. The van der Waals surface area contributed by atoms with Gasteiger partial charge in [0.1, 0.15) is 5.52 Å². The van der Waals surface area contributed by atoms with E-state index in [1.165, 1.54) is 10.2 Å². The van der Waals surface area contributed by atoms with E-state index in [-0.39, 0.29) is 23.2 Å². The molecule has 0 bridgehead atoms. The van der Waals surface area contributed by atoms with Gasteiger partial charge in [0.15, 0.2) is 5.69 Å². The average molecular weight is 463 g/mol.